The van der Waals surface area contributed by atoms with E-state index in [0.717, 1.165) is 36.7 Å². The normalized spacial score (nSPS) is 27.3. The summed E-state index contributed by atoms with van der Waals surface area (Å²) in [6.07, 6.45) is 2.44. The fourth-order valence-electron chi connectivity index (χ4n) is 3.62. The lowest BCUT2D eigenvalue weighted by molar-refractivity contribution is -0.131. The SMILES string of the molecule is CN(C)CC(=O)N1C[C@@H]2CC[C@H](Oc3ccc(Cl)cc3)[C@@H]2C1. The molecular formula is C17H23ClN2O2. The molecule has 2 aliphatic rings. The molecule has 5 heteroatoms. The van der Waals surface area contributed by atoms with Crippen molar-refractivity contribution in [2.75, 3.05) is 33.7 Å². The highest BCUT2D eigenvalue weighted by Crippen LogP contribution is 2.40. The molecule has 3 atom stereocenters. The third kappa shape index (κ3) is 3.39. The van der Waals surface area contributed by atoms with Crippen molar-refractivity contribution in [2.24, 2.45) is 11.8 Å². The minimum absolute atomic E-state index is 0.211. The predicted octanol–water partition coefficient (Wildman–Crippen LogP) is 2.52. The summed E-state index contributed by atoms with van der Waals surface area (Å²) in [5.74, 6) is 2.14. The largest absolute Gasteiger partial charge is 0.490 e. The molecule has 0 bridgehead atoms. The Kier molecular flexibility index (Phi) is 4.59. The number of likely N-dealkylation sites (N-methyl/N-ethyl adjacent to an activating group) is 1. The first-order valence-corrected chi connectivity index (χ1v) is 8.25. The second-order valence-electron chi connectivity index (χ2n) is 6.65. The molecule has 1 saturated carbocycles. The van der Waals surface area contributed by atoms with Crippen molar-refractivity contribution < 1.29 is 9.53 Å². The Morgan fingerprint density at radius 3 is 2.68 bits per heavy atom. The number of fused-ring (bicyclic) bond motifs is 1. The van der Waals surface area contributed by atoms with E-state index < -0.39 is 0 Å². The second-order valence-corrected chi connectivity index (χ2v) is 7.08. The number of nitrogens with zero attached hydrogens (tertiary/aromatic N) is 2. The number of carbonyl (C=O) groups is 1. The molecule has 0 unspecified atom stereocenters. The van der Waals surface area contributed by atoms with Gasteiger partial charge in [-0.15, -0.1) is 0 Å². The van der Waals surface area contributed by atoms with E-state index in [4.69, 9.17) is 16.3 Å². The number of ether oxygens (including phenoxy) is 1. The van der Waals surface area contributed by atoms with E-state index in [1.807, 2.05) is 48.2 Å². The number of hydrogen-bond acceptors (Lipinski definition) is 3. The molecule has 120 valence electrons. The molecule has 22 heavy (non-hydrogen) atoms. The van der Waals surface area contributed by atoms with E-state index in [0.29, 0.717) is 18.4 Å². The van der Waals surface area contributed by atoms with Gasteiger partial charge < -0.3 is 14.5 Å². The summed E-state index contributed by atoms with van der Waals surface area (Å²) >= 11 is 5.91. The highest BCUT2D eigenvalue weighted by atomic mass is 35.5. The first-order valence-electron chi connectivity index (χ1n) is 7.87. The number of amides is 1. The van der Waals surface area contributed by atoms with Crippen LogP contribution in [0.1, 0.15) is 12.8 Å². The molecule has 0 spiro atoms. The van der Waals surface area contributed by atoms with Gasteiger partial charge in [0.2, 0.25) is 5.91 Å². The Bertz CT molecular complexity index is 532. The predicted molar refractivity (Wildman–Crippen MR) is 87.2 cm³/mol. The molecule has 3 rings (SSSR count). The molecule has 0 N–H and O–H groups in total. The maximum atomic E-state index is 12.2. The van der Waals surface area contributed by atoms with Crippen molar-refractivity contribution in [1.82, 2.24) is 9.80 Å². The Labute approximate surface area is 137 Å². The van der Waals surface area contributed by atoms with Gasteiger partial charge in [0, 0.05) is 24.0 Å². The molecule has 1 aliphatic heterocycles. The monoisotopic (exact) mass is 322 g/mol. The lowest BCUT2D eigenvalue weighted by Crippen LogP contribution is -2.37. The molecule has 0 radical (unpaired) electrons. The van der Waals surface area contributed by atoms with Gasteiger partial charge in [-0.1, -0.05) is 11.6 Å². The number of rotatable bonds is 4. The highest BCUT2D eigenvalue weighted by Gasteiger charge is 2.45. The van der Waals surface area contributed by atoms with Crippen molar-refractivity contribution in [3.8, 4) is 5.75 Å². The molecular weight excluding hydrogens is 300 g/mol. The topological polar surface area (TPSA) is 32.8 Å². The van der Waals surface area contributed by atoms with Gasteiger partial charge in [-0.3, -0.25) is 4.79 Å². The van der Waals surface area contributed by atoms with Crippen LogP contribution in [0.3, 0.4) is 0 Å². The minimum atomic E-state index is 0.211. The molecule has 1 amide bonds. The quantitative estimate of drug-likeness (QED) is 0.854. The van der Waals surface area contributed by atoms with Gasteiger partial charge in [0.05, 0.1) is 6.54 Å². The van der Waals surface area contributed by atoms with Crippen LogP contribution in [0.5, 0.6) is 5.75 Å². The summed E-state index contributed by atoms with van der Waals surface area (Å²) in [6, 6.07) is 7.54. The Morgan fingerprint density at radius 1 is 1.27 bits per heavy atom. The summed E-state index contributed by atoms with van der Waals surface area (Å²) in [5, 5.41) is 0.720. The molecule has 0 aromatic heterocycles. The zero-order valence-corrected chi connectivity index (χ0v) is 13.9. The van der Waals surface area contributed by atoms with Crippen LogP contribution >= 0.6 is 11.6 Å². The Balaban J connectivity index is 1.60. The zero-order valence-electron chi connectivity index (χ0n) is 13.2. The lowest BCUT2D eigenvalue weighted by atomic mass is 9.99. The second kappa shape index (κ2) is 6.47. The minimum Gasteiger partial charge on any atom is -0.490 e. The summed E-state index contributed by atoms with van der Waals surface area (Å²) in [5.41, 5.74) is 0. The zero-order chi connectivity index (χ0) is 15.7. The van der Waals surface area contributed by atoms with Crippen molar-refractivity contribution in [3.63, 3.8) is 0 Å². The average molecular weight is 323 g/mol. The van der Waals surface area contributed by atoms with E-state index in [1.54, 1.807) is 0 Å². The third-order valence-corrected chi connectivity index (χ3v) is 4.95. The molecule has 1 aromatic rings. The van der Waals surface area contributed by atoms with E-state index in [1.165, 1.54) is 0 Å². The van der Waals surface area contributed by atoms with Crippen molar-refractivity contribution in [2.45, 2.75) is 18.9 Å². The van der Waals surface area contributed by atoms with Crippen LogP contribution in [0.15, 0.2) is 24.3 Å². The maximum absolute atomic E-state index is 12.2. The number of carbonyl (C=O) groups excluding carboxylic acids is 1. The number of halogens is 1. The third-order valence-electron chi connectivity index (χ3n) is 4.70. The van der Waals surface area contributed by atoms with Crippen LogP contribution in [0.4, 0.5) is 0 Å². The molecule has 1 aromatic carbocycles. The van der Waals surface area contributed by atoms with Gasteiger partial charge >= 0.3 is 0 Å². The lowest BCUT2D eigenvalue weighted by Gasteiger charge is -2.23. The van der Waals surface area contributed by atoms with Gasteiger partial charge in [-0.05, 0) is 57.1 Å². The number of benzene rings is 1. The van der Waals surface area contributed by atoms with E-state index >= 15 is 0 Å². The van der Waals surface area contributed by atoms with E-state index in [2.05, 4.69) is 0 Å². The van der Waals surface area contributed by atoms with E-state index in [9.17, 15) is 4.79 Å². The van der Waals surface area contributed by atoms with Gasteiger partial charge in [0.1, 0.15) is 11.9 Å². The molecule has 1 heterocycles. The molecule has 1 aliphatic carbocycles. The highest BCUT2D eigenvalue weighted by molar-refractivity contribution is 6.30. The van der Waals surface area contributed by atoms with Crippen molar-refractivity contribution >= 4 is 17.5 Å². The maximum Gasteiger partial charge on any atom is 0.236 e. The molecule has 1 saturated heterocycles. The summed E-state index contributed by atoms with van der Waals surface area (Å²) < 4.78 is 6.15. The van der Waals surface area contributed by atoms with Crippen LogP contribution in [0.25, 0.3) is 0 Å². The van der Waals surface area contributed by atoms with Gasteiger partial charge in [-0.25, -0.2) is 0 Å². The van der Waals surface area contributed by atoms with E-state index in [-0.39, 0.29) is 12.0 Å². The molecule has 2 fully saturated rings. The van der Waals surface area contributed by atoms with Gasteiger partial charge in [-0.2, -0.15) is 0 Å². The smallest absolute Gasteiger partial charge is 0.236 e. The standard InChI is InChI=1S/C17H23ClN2O2/c1-19(2)11-17(21)20-9-12-3-8-16(15(12)10-20)22-14-6-4-13(18)5-7-14/h4-7,12,15-16H,3,8-11H2,1-2H3/t12-,15+,16-/m0/s1. The van der Waals surface area contributed by atoms with Crippen molar-refractivity contribution in [3.05, 3.63) is 29.3 Å². The van der Waals surface area contributed by atoms with Crippen LogP contribution in [0.2, 0.25) is 5.02 Å². The average Bonchev–Trinajstić information content (AvgIpc) is 3.02. The summed E-state index contributed by atoms with van der Waals surface area (Å²) in [7, 11) is 3.86. The summed E-state index contributed by atoms with van der Waals surface area (Å²) in [6.45, 7) is 2.20. The Hall–Kier alpha value is -1.26. The fraction of sp³-hybridized carbons (Fsp3) is 0.588. The number of hydrogen-bond donors (Lipinski definition) is 0. The van der Waals surface area contributed by atoms with Gasteiger partial charge in [0.25, 0.3) is 0 Å². The van der Waals surface area contributed by atoms with Crippen LogP contribution < -0.4 is 4.74 Å². The molecule has 4 nitrogen and oxygen atoms in total. The fourth-order valence-corrected chi connectivity index (χ4v) is 3.75. The van der Waals surface area contributed by atoms with Gasteiger partial charge in [0.15, 0.2) is 0 Å². The first kappa shape index (κ1) is 15.6. The summed E-state index contributed by atoms with van der Waals surface area (Å²) in [4.78, 5) is 16.2. The van der Waals surface area contributed by atoms with Crippen LogP contribution in [0, 0.1) is 11.8 Å². The van der Waals surface area contributed by atoms with Crippen LogP contribution in [-0.4, -0.2) is 55.5 Å². The first-order chi connectivity index (χ1) is 10.5. The van der Waals surface area contributed by atoms with Crippen LogP contribution in [-0.2, 0) is 4.79 Å². The number of likely N-dealkylation sites (tertiary alicyclic amines) is 1. The van der Waals surface area contributed by atoms with Crippen molar-refractivity contribution in [1.29, 1.82) is 0 Å². The Morgan fingerprint density at radius 2 is 2.00 bits per heavy atom.